The summed E-state index contributed by atoms with van der Waals surface area (Å²) in [6.45, 7) is 4.61. The van der Waals surface area contributed by atoms with Crippen LogP contribution in [0.15, 0.2) is 0 Å². The Balaban J connectivity index is 2.08. The molecule has 0 aromatic carbocycles. The molecular formula is C10H18O2. The molecule has 6 unspecified atom stereocenters. The molecule has 0 aromatic rings. The van der Waals surface area contributed by atoms with Gasteiger partial charge in [0.1, 0.15) is 0 Å². The number of ether oxygens (including phenoxy) is 2. The van der Waals surface area contributed by atoms with E-state index in [1.807, 2.05) is 14.2 Å². The number of fused-ring (bicyclic) bond motifs is 1. The number of rotatable bonds is 2. The molecule has 0 heterocycles. The van der Waals surface area contributed by atoms with E-state index >= 15 is 0 Å². The van der Waals surface area contributed by atoms with Gasteiger partial charge in [0.2, 0.25) is 0 Å². The SMILES string of the molecule is COC1C(C)C(C)C2C(OC)C12. The first kappa shape index (κ1) is 8.52. The van der Waals surface area contributed by atoms with Crippen molar-refractivity contribution in [1.29, 1.82) is 0 Å². The van der Waals surface area contributed by atoms with Gasteiger partial charge in [-0.05, 0) is 17.8 Å². The van der Waals surface area contributed by atoms with Crippen LogP contribution in [0.2, 0.25) is 0 Å². The summed E-state index contributed by atoms with van der Waals surface area (Å²) in [5.41, 5.74) is 0. The molecule has 0 aromatic heterocycles. The molecular weight excluding hydrogens is 152 g/mol. The topological polar surface area (TPSA) is 18.5 Å². The van der Waals surface area contributed by atoms with E-state index < -0.39 is 0 Å². The highest BCUT2D eigenvalue weighted by atomic mass is 16.5. The van der Waals surface area contributed by atoms with Crippen molar-refractivity contribution in [2.75, 3.05) is 14.2 Å². The van der Waals surface area contributed by atoms with Crippen LogP contribution < -0.4 is 0 Å². The molecule has 2 rings (SSSR count). The van der Waals surface area contributed by atoms with Crippen LogP contribution in [0.25, 0.3) is 0 Å². The van der Waals surface area contributed by atoms with Gasteiger partial charge in [-0.1, -0.05) is 13.8 Å². The van der Waals surface area contributed by atoms with Crippen LogP contribution >= 0.6 is 0 Å². The van der Waals surface area contributed by atoms with E-state index in [9.17, 15) is 0 Å². The quantitative estimate of drug-likeness (QED) is 0.626. The molecule has 0 saturated heterocycles. The van der Waals surface area contributed by atoms with Gasteiger partial charge in [0.25, 0.3) is 0 Å². The van der Waals surface area contributed by atoms with Crippen molar-refractivity contribution >= 4 is 0 Å². The van der Waals surface area contributed by atoms with E-state index in [-0.39, 0.29) is 0 Å². The molecule has 2 nitrogen and oxygen atoms in total. The van der Waals surface area contributed by atoms with E-state index in [4.69, 9.17) is 9.47 Å². The maximum absolute atomic E-state index is 5.50. The smallest absolute Gasteiger partial charge is 0.0663 e. The van der Waals surface area contributed by atoms with E-state index in [0.29, 0.717) is 24.0 Å². The van der Waals surface area contributed by atoms with Crippen LogP contribution in [0, 0.1) is 23.7 Å². The number of hydrogen-bond donors (Lipinski definition) is 0. The van der Waals surface area contributed by atoms with Gasteiger partial charge in [-0.15, -0.1) is 0 Å². The minimum atomic E-state index is 0.440. The highest BCUT2D eigenvalue weighted by molar-refractivity contribution is 5.13. The average Bonchev–Trinajstić information content (AvgIpc) is 2.72. The summed E-state index contributed by atoms with van der Waals surface area (Å²) in [7, 11) is 3.63. The first-order valence-electron chi connectivity index (χ1n) is 4.78. The van der Waals surface area contributed by atoms with E-state index in [1.165, 1.54) is 0 Å². The molecule has 0 amide bonds. The molecule has 2 aliphatic carbocycles. The predicted molar refractivity (Wildman–Crippen MR) is 46.9 cm³/mol. The Kier molecular flexibility index (Phi) is 1.92. The fraction of sp³-hybridized carbons (Fsp3) is 1.00. The van der Waals surface area contributed by atoms with Gasteiger partial charge in [0, 0.05) is 20.1 Å². The van der Waals surface area contributed by atoms with Crippen molar-refractivity contribution in [1.82, 2.24) is 0 Å². The second-order valence-corrected chi connectivity index (χ2v) is 4.27. The molecule has 70 valence electrons. The standard InChI is InChI=1S/C10H18O2/c1-5-6(2)9(11-3)8-7(5)10(8)12-4/h5-10H,1-4H3. The van der Waals surface area contributed by atoms with Crippen LogP contribution in [0.4, 0.5) is 0 Å². The maximum Gasteiger partial charge on any atom is 0.0663 e. The van der Waals surface area contributed by atoms with Gasteiger partial charge in [-0.2, -0.15) is 0 Å². The zero-order valence-electron chi connectivity index (χ0n) is 8.28. The third kappa shape index (κ3) is 0.882. The van der Waals surface area contributed by atoms with Gasteiger partial charge < -0.3 is 9.47 Å². The summed E-state index contributed by atoms with van der Waals surface area (Å²) < 4.78 is 10.9. The minimum Gasteiger partial charge on any atom is -0.381 e. The second kappa shape index (κ2) is 2.71. The Morgan fingerprint density at radius 2 is 1.33 bits per heavy atom. The van der Waals surface area contributed by atoms with Gasteiger partial charge in [0.05, 0.1) is 12.2 Å². The van der Waals surface area contributed by atoms with Crippen molar-refractivity contribution in [2.24, 2.45) is 23.7 Å². The molecule has 0 spiro atoms. The zero-order chi connectivity index (χ0) is 8.88. The minimum absolute atomic E-state index is 0.440. The van der Waals surface area contributed by atoms with E-state index in [0.717, 1.165) is 11.8 Å². The molecule has 6 atom stereocenters. The highest BCUT2D eigenvalue weighted by Crippen LogP contribution is 2.59. The van der Waals surface area contributed by atoms with Gasteiger partial charge in [0.15, 0.2) is 0 Å². The Hall–Kier alpha value is -0.0800. The first-order chi connectivity index (χ1) is 5.72. The van der Waals surface area contributed by atoms with Crippen LogP contribution in [-0.4, -0.2) is 26.4 Å². The van der Waals surface area contributed by atoms with Crippen molar-refractivity contribution in [3.05, 3.63) is 0 Å². The molecule has 2 aliphatic rings. The normalized spacial score (nSPS) is 57.0. The van der Waals surface area contributed by atoms with Crippen molar-refractivity contribution in [3.8, 4) is 0 Å². The molecule has 0 bridgehead atoms. The summed E-state index contributed by atoms with van der Waals surface area (Å²) in [5, 5.41) is 0. The lowest BCUT2D eigenvalue weighted by molar-refractivity contribution is 0.0152. The summed E-state index contributed by atoms with van der Waals surface area (Å²) in [6, 6.07) is 0. The van der Waals surface area contributed by atoms with E-state index in [1.54, 1.807) is 0 Å². The lowest BCUT2D eigenvalue weighted by Crippen LogP contribution is -2.26. The molecule has 12 heavy (non-hydrogen) atoms. The van der Waals surface area contributed by atoms with Crippen LogP contribution in [0.5, 0.6) is 0 Å². The van der Waals surface area contributed by atoms with Crippen LogP contribution in [0.1, 0.15) is 13.8 Å². The lowest BCUT2D eigenvalue weighted by Gasteiger charge is -2.23. The Labute approximate surface area is 74.2 Å². The van der Waals surface area contributed by atoms with Crippen LogP contribution in [0.3, 0.4) is 0 Å². The highest BCUT2D eigenvalue weighted by Gasteiger charge is 2.65. The predicted octanol–water partition coefficient (Wildman–Crippen LogP) is 1.55. The lowest BCUT2D eigenvalue weighted by atomic mass is 9.92. The van der Waals surface area contributed by atoms with Crippen molar-refractivity contribution < 1.29 is 9.47 Å². The van der Waals surface area contributed by atoms with Gasteiger partial charge >= 0.3 is 0 Å². The fourth-order valence-electron chi connectivity index (χ4n) is 3.07. The third-order valence-electron chi connectivity index (χ3n) is 3.94. The average molecular weight is 170 g/mol. The van der Waals surface area contributed by atoms with Crippen LogP contribution in [-0.2, 0) is 9.47 Å². The summed E-state index contributed by atoms with van der Waals surface area (Å²) in [6.07, 6.45) is 0.927. The maximum atomic E-state index is 5.50. The second-order valence-electron chi connectivity index (χ2n) is 4.27. The first-order valence-corrected chi connectivity index (χ1v) is 4.78. The zero-order valence-corrected chi connectivity index (χ0v) is 8.28. The Morgan fingerprint density at radius 1 is 0.750 bits per heavy atom. The van der Waals surface area contributed by atoms with Gasteiger partial charge in [-0.3, -0.25) is 0 Å². The molecule has 0 aliphatic heterocycles. The van der Waals surface area contributed by atoms with Crippen molar-refractivity contribution in [2.45, 2.75) is 26.1 Å². The summed E-state index contributed by atoms with van der Waals surface area (Å²) in [5.74, 6) is 2.93. The number of hydrogen-bond acceptors (Lipinski definition) is 2. The Morgan fingerprint density at radius 3 is 1.83 bits per heavy atom. The molecule has 0 N–H and O–H groups in total. The fourth-order valence-corrected chi connectivity index (χ4v) is 3.07. The molecule has 0 radical (unpaired) electrons. The number of methoxy groups -OCH3 is 2. The monoisotopic (exact) mass is 170 g/mol. The van der Waals surface area contributed by atoms with E-state index in [2.05, 4.69) is 13.8 Å². The largest absolute Gasteiger partial charge is 0.381 e. The van der Waals surface area contributed by atoms with Crippen molar-refractivity contribution in [3.63, 3.8) is 0 Å². The molecule has 2 saturated carbocycles. The molecule has 2 heteroatoms. The Bertz CT molecular complexity index is 181. The third-order valence-corrected chi connectivity index (χ3v) is 3.94. The van der Waals surface area contributed by atoms with Gasteiger partial charge in [-0.25, -0.2) is 0 Å². The summed E-state index contributed by atoms with van der Waals surface area (Å²) in [4.78, 5) is 0. The molecule has 2 fully saturated rings. The summed E-state index contributed by atoms with van der Waals surface area (Å²) >= 11 is 0.